The van der Waals surface area contributed by atoms with Crippen molar-refractivity contribution in [2.24, 2.45) is 0 Å². The number of carbonyl (C=O) groups is 2. The zero-order chi connectivity index (χ0) is 21.2. The highest BCUT2D eigenvalue weighted by Crippen LogP contribution is 2.20. The molecule has 154 valence electrons. The molecular weight excluding hydrogens is 397 g/mol. The number of ketones is 1. The van der Waals surface area contributed by atoms with Gasteiger partial charge in [0.15, 0.2) is 21.7 Å². The van der Waals surface area contributed by atoms with Gasteiger partial charge in [-0.1, -0.05) is 0 Å². The Kier molecular flexibility index (Phi) is 6.02. The van der Waals surface area contributed by atoms with Crippen LogP contribution in [0.4, 0.5) is 4.39 Å². The first-order valence-corrected chi connectivity index (χ1v) is 11.0. The highest BCUT2D eigenvalue weighted by molar-refractivity contribution is 7.91. The van der Waals surface area contributed by atoms with Crippen molar-refractivity contribution in [1.29, 1.82) is 0 Å². The summed E-state index contributed by atoms with van der Waals surface area (Å²) in [6.45, 7) is 1.60. The molecule has 2 aromatic carbocycles. The second kappa shape index (κ2) is 8.32. The van der Waals surface area contributed by atoms with E-state index in [9.17, 15) is 22.4 Å². The number of sulfone groups is 1. The molecule has 8 heteroatoms. The average Bonchev–Trinajstić information content (AvgIpc) is 3.07. The molecule has 1 saturated heterocycles. The van der Waals surface area contributed by atoms with Gasteiger partial charge in [0.2, 0.25) is 0 Å². The molecule has 2 unspecified atom stereocenters. The number of ether oxygens (including phenoxy) is 1. The first-order valence-electron chi connectivity index (χ1n) is 9.20. The smallest absolute Gasteiger partial charge is 0.263 e. The summed E-state index contributed by atoms with van der Waals surface area (Å²) in [4.78, 5) is 26.4. The maximum atomic E-state index is 13.0. The Morgan fingerprint density at radius 2 is 1.62 bits per heavy atom. The highest BCUT2D eigenvalue weighted by Gasteiger charge is 2.34. The largest absolute Gasteiger partial charge is 0.481 e. The van der Waals surface area contributed by atoms with Gasteiger partial charge in [-0.15, -0.1) is 0 Å². The van der Waals surface area contributed by atoms with Gasteiger partial charge in [0.1, 0.15) is 11.6 Å². The summed E-state index contributed by atoms with van der Waals surface area (Å²) in [5.41, 5.74) is 0.785. The Labute approximate surface area is 169 Å². The van der Waals surface area contributed by atoms with E-state index < -0.39 is 21.8 Å². The predicted molar refractivity (Wildman–Crippen MR) is 106 cm³/mol. The second-order valence-electron chi connectivity index (χ2n) is 7.13. The summed E-state index contributed by atoms with van der Waals surface area (Å²) in [6.07, 6.45) is -0.376. The van der Waals surface area contributed by atoms with Crippen molar-refractivity contribution in [1.82, 2.24) is 4.90 Å². The lowest BCUT2D eigenvalue weighted by molar-refractivity contribution is -0.138. The minimum absolute atomic E-state index is 0.0256. The van der Waals surface area contributed by atoms with Gasteiger partial charge in [0, 0.05) is 24.2 Å². The molecule has 2 atom stereocenters. The van der Waals surface area contributed by atoms with Gasteiger partial charge in [0.05, 0.1) is 11.5 Å². The summed E-state index contributed by atoms with van der Waals surface area (Å²) in [5, 5.41) is 0. The van der Waals surface area contributed by atoms with Crippen LogP contribution in [0.3, 0.4) is 0 Å². The van der Waals surface area contributed by atoms with Gasteiger partial charge in [-0.25, -0.2) is 12.8 Å². The fraction of sp³-hybridized carbons (Fsp3) is 0.333. The van der Waals surface area contributed by atoms with Crippen LogP contribution in [0.5, 0.6) is 5.75 Å². The first-order chi connectivity index (χ1) is 13.7. The van der Waals surface area contributed by atoms with Gasteiger partial charge in [0.25, 0.3) is 5.91 Å². The van der Waals surface area contributed by atoms with Gasteiger partial charge in [-0.2, -0.15) is 0 Å². The lowest BCUT2D eigenvalue weighted by Crippen LogP contribution is -2.44. The molecule has 1 fully saturated rings. The van der Waals surface area contributed by atoms with E-state index in [1.807, 2.05) is 0 Å². The molecular formula is C21H22FNO5S. The fourth-order valence-corrected chi connectivity index (χ4v) is 5.03. The summed E-state index contributed by atoms with van der Waals surface area (Å²) in [5.74, 6) is -0.490. The lowest BCUT2D eigenvalue weighted by atomic mass is 10.0. The molecule has 29 heavy (non-hydrogen) atoms. The lowest BCUT2D eigenvalue weighted by Gasteiger charge is -2.26. The van der Waals surface area contributed by atoms with Crippen LogP contribution < -0.4 is 4.74 Å². The minimum Gasteiger partial charge on any atom is -0.481 e. The van der Waals surface area contributed by atoms with E-state index in [4.69, 9.17) is 4.74 Å². The number of amides is 1. The Balaban J connectivity index is 1.62. The number of hydrogen-bond acceptors (Lipinski definition) is 5. The number of halogens is 1. The van der Waals surface area contributed by atoms with Crippen LogP contribution in [0.25, 0.3) is 0 Å². The Morgan fingerprint density at radius 3 is 2.14 bits per heavy atom. The maximum absolute atomic E-state index is 13.0. The monoisotopic (exact) mass is 419 g/mol. The Bertz CT molecular complexity index is 1000. The summed E-state index contributed by atoms with van der Waals surface area (Å²) in [6, 6.07) is 11.3. The van der Waals surface area contributed by atoms with E-state index in [1.165, 1.54) is 29.2 Å². The zero-order valence-electron chi connectivity index (χ0n) is 16.2. The summed E-state index contributed by atoms with van der Waals surface area (Å²) < 4.78 is 41.9. The number of rotatable bonds is 6. The van der Waals surface area contributed by atoms with Gasteiger partial charge < -0.3 is 9.64 Å². The first kappa shape index (κ1) is 21.0. The number of likely N-dealkylation sites (N-methyl/N-ethyl adjacent to an activating group) is 1. The highest BCUT2D eigenvalue weighted by atomic mass is 32.2. The van der Waals surface area contributed by atoms with Gasteiger partial charge in [-0.05, 0) is 61.9 Å². The standard InChI is InChI=1S/C21H22FNO5S/c1-14(21(25)23(2)18-11-12-29(26,27)13-18)28-19-9-5-16(6-10-19)20(24)15-3-7-17(22)8-4-15/h3-10,14,18H,11-13H2,1-2H3. The normalized spacial score (nSPS) is 18.8. The molecule has 0 aliphatic carbocycles. The van der Waals surface area contributed by atoms with Crippen LogP contribution in [-0.4, -0.2) is 55.7 Å². The van der Waals surface area contributed by atoms with E-state index in [1.54, 1.807) is 38.2 Å². The van der Waals surface area contributed by atoms with Crippen molar-refractivity contribution in [3.05, 3.63) is 65.5 Å². The van der Waals surface area contributed by atoms with Crippen molar-refractivity contribution in [2.45, 2.75) is 25.5 Å². The van der Waals surface area contributed by atoms with Crippen molar-refractivity contribution in [3.8, 4) is 5.75 Å². The zero-order valence-corrected chi connectivity index (χ0v) is 17.0. The van der Waals surface area contributed by atoms with E-state index >= 15 is 0 Å². The molecule has 0 radical (unpaired) electrons. The van der Waals surface area contributed by atoms with Crippen molar-refractivity contribution < 1.29 is 27.1 Å². The topological polar surface area (TPSA) is 80.8 Å². The molecule has 0 N–H and O–H groups in total. The number of benzene rings is 2. The van der Waals surface area contributed by atoms with Crippen LogP contribution in [0.1, 0.15) is 29.3 Å². The number of carbonyl (C=O) groups excluding carboxylic acids is 2. The molecule has 1 aliphatic heterocycles. The molecule has 2 aromatic rings. The molecule has 1 heterocycles. The third kappa shape index (κ3) is 5.00. The number of nitrogens with zero attached hydrogens (tertiary/aromatic N) is 1. The van der Waals surface area contributed by atoms with Crippen LogP contribution >= 0.6 is 0 Å². The molecule has 1 amide bonds. The Morgan fingerprint density at radius 1 is 1.07 bits per heavy atom. The van der Waals surface area contributed by atoms with Crippen LogP contribution in [0, 0.1) is 5.82 Å². The third-order valence-electron chi connectivity index (χ3n) is 4.99. The average molecular weight is 419 g/mol. The van der Waals surface area contributed by atoms with Crippen LogP contribution in [-0.2, 0) is 14.6 Å². The van der Waals surface area contributed by atoms with Crippen LogP contribution in [0.2, 0.25) is 0 Å². The van der Waals surface area contributed by atoms with E-state index in [0.29, 0.717) is 23.3 Å². The summed E-state index contributed by atoms with van der Waals surface area (Å²) >= 11 is 0. The van der Waals surface area contributed by atoms with E-state index in [0.717, 1.165) is 0 Å². The van der Waals surface area contributed by atoms with Crippen molar-refractivity contribution >= 4 is 21.5 Å². The minimum atomic E-state index is -3.08. The molecule has 6 nitrogen and oxygen atoms in total. The fourth-order valence-electron chi connectivity index (χ4n) is 3.25. The molecule has 1 aliphatic rings. The second-order valence-corrected chi connectivity index (χ2v) is 9.36. The predicted octanol–water partition coefficient (Wildman–Crippen LogP) is 2.47. The van der Waals surface area contributed by atoms with Crippen LogP contribution in [0.15, 0.2) is 48.5 Å². The van der Waals surface area contributed by atoms with E-state index in [-0.39, 0.29) is 29.2 Å². The third-order valence-corrected chi connectivity index (χ3v) is 6.74. The maximum Gasteiger partial charge on any atom is 0.263 e. The Hall–Kier alpha value is -2.74. The van der Waals surface area contributed by atoms with Crippen molar-refractivity contribution in [2.75, 3.05) is 18.6 Å². The SMILES string of the molecule is CC(Oc1ccc(C(=O)c2ccc(F)cc2)cc1)C(=O)N(C)C1CCS(=O)(=O)C1. The number of hydrogen-bond donors (Lipinski definition) is 0. The van der Waals surface area contributed by atoms with Gasteiger partial charge in [-0.3, -0.25) is 9.59 Å². The van der Waals surface area contributed by atoms with Crippen molar-refractivity contribution in [3.63, 3.8) is 0 Å². The molecule has 0 aromatic heterocycles. The van der Waals surface area contributed by atoms with E-state index in [2.05, 4.69) is 0 Å². The molecule has 3 rings (SSSR count). The quantitative estimate of drug-likeness (QED) is 0.672. The molecule has 0 bridgehead atoms. The molecule has 0 spiro atoms. The van der Waals surface area contributed by atoms with Gasteiger partial charge >= 0.3 is 0 Å². The molecule has 0 saturated carbocycles. The summed E-state index contributed by atoms with van der Waals surface area (Å²) in [7, 11) is -1.50.